The van der Waals surface area contributed by atoms with Gasteiger partial charge in [0, 0.05) is 17.6 Å². The van der Waals surface area contributed by atoms with Crippen LogP contribution < -0.4 is 0 Å². The molecule has 0 saturated heterocycles. The molecule has 1 aliphatic rings. The van der Waals surface area contributed by atoms with Crippen LogP contribution >= 0.6 is 11.6 Å². The Morgan fingerprint density at radius 3 is 3.04 bits per heavy atom. The fourth-order valence-corrected chi connectivity index (χ4v) is 3.42. The van der Waals surface area contributed by atoms with Crippen LogP contribution in [-0.4, -0.2) is 32.9 Å². The maximum atomic E-state index is 12.6. The minimum Gasteiger partial charge on any atom is -0.284 e. The number of aromatic nitrogens is 3. The second-order valence-electron chi connectivity index (χ2n) is 5.76. The van der Waals surface area contributed by atoms with Gasteiger partial charge < -0.3 is 0 Å². The molecule has 1 heterocycles. The van der Waals surface area contributed by atoms with Crippen LogP contribution in [0.2, 0.25) is 0 Å². The third kappa shape index (κ3) is 3.62. The fourth-order valence-electron chi connectivity index (χ4n) is 3.27. The Balaban J connectivity index is 1.84. The summed E-state index contributed by atoms with van der Waals surface area (Å²) in [5.74, 6) is 0.755. The Morgan fingerprint density at radius 2 is 2.26 bits per heavy atom. The van der Waals surface area contributed by atoms with Gasteiger partial charge in [-0.15, -0.1) is 0 Å². The maximum absolute atomic E-state index is 12.6. The summed E-state index contributed by atoms with van der Waals surface area (Å²) < 4.78 is 14.3. The number of benzene rings is 1. The molecule has 0 spiro atoms. The van der Waals surface area contributed by atoms with Crippen molar-refractivity contribution in [3.05, 3.63) is 59.2 Å². The van der Waals surface area contributed by atoms with E-state index in [1.165, 1.54) is 17.5 Å². The summed E-state index contributed by atoms with van der Waals surface area (Å²) in [6.07, 6.45) is 3.57. The van der Waals surface area contributed by atoms with Crippen molar-refractivity contribution in [2.75, 3.05) is 13.2 Å². The quantitative estimate of drug-likeness (QED) is 0.777. The van der Waals surface area contributed by atoms with Crippen molar-refractivity contribution in [1.82, 2.24) is 19.7 Å². The monoisotopic (exact) mass is 334 g/mol. The van der Waals surface area contributed by atoms with E-state index < -0.39 is 6.67 Å². The number of hydrogen-bond acceptors (Lipinski definition) is 3. The lowest BCUT2D eigenvalue weighted by Crippen LogP contribution is -2.30. The summed E-state index contributed by atoms with van der Waals surface area (Å²) in [7, 11) is 0. The van der Waals surface area contributed by atoms with Crippen LogP contribution in [0.1, 0.15) is 29.4 Å². The first kappa shape index (κ1) is 16.1. The molecular formula is C17H20ClFN4. The lowest BCUT2D eigenvalue weighted by molar-refractivity contribution is 0.198. The minimum atomic E-state index is -0.454. The van der Waals surface area contributed by atoms with Crippen molar-refractivity contribution in [1.29, 1.82) is 0 Å². The predicted molar refractivity (Wildman–Crippen MR) is 88.9 cm³/mol. The fraction of sp³-hybridized carbons (Fsp3) is 0.412. The van der Waals surface area contributed by atoms with E-state index in [-0.39, 0.29) is 12.6 Å². The van der Waals surface area contributed by atoms with Crippen molar-refractivity contribution in [3.63, 3.8) is 0 Å². The van der Waals surface area contributed by atoms with Crippen molar-refractivity contribution in [3.8, 4) is 0 Å². The Hall–Kier alpha value is -1.72. The van der Waals surface area contributed by atoms with Gasteiger partial charge in [0.05, 0.1) is 13.1 Å². The van der Waals surface area contributed by atoms with Gasteiger partial charge in [-0.1, -0.05) is 42.4 Å². The second kappa shape index (κ2) is 7.23. The van der Waals surface area contributed by atoms with Crippen LogP contribution in [-0.2, 0) is 19.5 Å². The van der Waals surface area contributed by atoms with E-state index in [1.54, 1.807) is 4.68 Å². The van der Waals surface area contributed by atoms with Crippen LogP contribution in [0.25, 0.3) is 0 Å². The number of fused-ring (bicyclic) bond motifs is 1. The molecule has 0 bridgehead atoms. The van der Waals surface area contributed by atoms with E-state index in [0.29, 0.717) is 18.1 Å². The molecule has 0 saturated carbocycles. The summed E-state index contributed by atoms with van der Waals surface area (Å²) >= 11 is 6.08. The van der Waals surface area contributed by atoms with Crippen LogP contribution in [0, 0.1) is 0 Å². The van der Waals surface area contributed by atoms with E-state index >= 15 is 0 Å². The molecule has 0 unspecified atom stereocenters. The second-order valence-corrected chi connectivity index (χ2v) is 6.30. The Kier molecular flexibility index (Phi) is 5.08. The highest BCUT2D eigenvalue weighted by molar-refractivity contribution is 6.29. The lowest BCUT2D eigenvalue weighted by Gasteiger charge is -2.29. The average Bonchev–Trinajstić information content (AvgIpc) is 3.13. The van der Waals surface area contributed by atoms with Crippen molar-refractivity contribution in [2.45, 2.75) is 32.0 Å². The van der Waals surface area contributed by atoms with Crippen molar-refractivity contribution in [2.24, 2.45) is 0 Å². The molecular weight excluding hydrogens is 315 g/mol. The smallest absolute Gasteiger partial charge is 0.141 e. The Labute approximate surface area is 140 Å². The molecule has 0 fully saturated rings. The van der Waals surface area contributed by atoms with Gasteiger partial charge in [0.15, 0.2) is 0 Å². The maximum Gasteiger partial charge on any atom is 0.141 e. The summed E-state index contributed by atoms with van der Waals surface area (Å²) in [6, 6.07) is 8.76. The van der Waals surface area contributed by atoms with E-state index in [4.69, 9.17) is 11.6 Å². The third-order valence-corrected chi connectivity index (χ3v) is 4.37. The summed E-state index contributed by atoms with van der Waals surface area (Å²) in [4.78, 5) is 6.53. The molecule has 1 aromatic heterocycles. The van der Waals surface area contributed by atoms with E-state index in [1.807, 2.05) is 0 Å². The molecule has 2 aromatic rings. The molecule has 4 nitrogen and oxygen atoms in total. The van der Waals surface area contributed by atoms with Gasteiger partial charge in [0.1, 0.15) is 18.8 Å². The van der Waals surface area contributed by atoms with E-state index in [2.05, 4.69) is 45.8 Å². The number of aryl methyl sites for hydroxylation is 2. The molecule has 3 rings (SSSR count). The predicted octanol–water partition coefficient (Wildman–Crippen LogP) is 3.49. The normalized spacial score (nSPS) is 16.7. The zero-order valence-electron chi connectivity index (χ0n) is 13.0. The van der Waals surface area contributed by atoms with Crippen LogP contribution in [0.5, 0.6) is 0 Å². The van der Waals surface area contributed by atoms with Gasteiger partial charge >= 0.3 is 0 Å². The molecule has 23 heavy (non-hydrogen) atoms. The van der Waals surface area contributed by atoms with Gasteiger partial charge in [-0.2, -0.15) is 5.10 Å². The van der Waals surface area contributed by atoms with E-state index in [9.17, 15) is 4.39 Å². The number of hydrogen-bond donors (Lipinski definition) is 0. The van der Waals surface area contributed by atoms with Gasteiger partial charge in [-0.25, -0.2) is 14.1 Å². The molecule has 1 aromatic carbocycles. The topological polar surface area (TPSA) is 34.0 Å². The highest BCUT2D eigenvalue weighted by Crippen LogP contribution is 2.36. The highest BCUT2D eigenvalue weighted by Gasteiger charge is 2.28. The first-order chi connectivity index (χ1) is 11.2. The number of nitrogens with zero attached hydrogens (tertiary/aromatic N) is 4. The zero-order valence-corrected chi connectivity index (χ0v) is 13.7. The number of rotatable bonds is 7. The zero-order chi connectivity index (χ0) is 16.2. The lowest BCUT2D eigenvalue weighted by atomic mass is 10.1. The highest BCUT2D eigenvalue weighted by atomic mass is 35.5. The van der Waals surface area contributed by atoms with Gasteiger partial charge in [0.2, 0.25) is 0 Å². The first-order valence-electron chi connectivity index (χ1n) is 7.77. The van der Waals surface area contributed by atoms with Gasteiger partial charge in [-0.3, -0.25) is 4.90 Å². The van der Waals surface area contributed by atoms with Crippen LogP contribution in [0.15, 0.2) is 42.2 Å². The molecule has 0 amide bonds. The molecule has 0 aliphatic heterocycles. The molecule has 122 valence electrons. The van der Waals surface area contributed by atoms with Gasteiger partial charge in [-0.05, 0) is 24.0 Å². The summed E-state index contributed by atoms with van der Waals surface area (Å²) in [5, 5.41) is 4.68. The standard InChI is InChI=1S/C17H20ClFN4/c1-13(18)10-22(11-17-20-12-21-23(17)9-8-19)16-7-6-14-4-2-3-5-15(14)16/h2-5,12,16H,1,6-11H2/t16-/m1/s1. The molecule has 1 aliphatic carbocycles. The number of halogens is 2. The molecule has 0 N–H and O–H groups in total. The Morgan fingerprint density at radius 1 is 1.43 bits per heavy atom. The summed E-state index contributed by atoms with van der Waals surface area (Å²) in [6.45, 7) is 4.75. The molecule has 1 atom stereocenters. The van der Waals surface area contributed by atoms with Crippen LogP contribution in [0.4, 0.5) is 4.39 Å². The SMILES string of the molecule is C=C(Cl)CN(Cc1ncnn1CCF)[C@@H]1CCc2ccccc21. The van der Waals surface area contributed by atoms with Gasteiger partial charge in [0.25, 0.3) is 0 Å². The Bertz CT molecular complexity index is 685. The first-order valence-corrected chi connectivity index (χ1v) is 8.14. The average molecular weight is 335 g/mol. The van der Waals surface area contributed by atoms with E-state index in [0.717, 1.165) is 18.7 Å². The number of alkyl halides is 1. The van der Waals surface area contributed by atoms with Crippen molar-refractivity contribution >= 4 is 11.6 Å². The minimum absolute atomic E-state index is 0.228. The van der Waals surface area contributed by atoms with Crippen LogP contribution in [0.3, 0.4) is 0 Å². The third-order valence-electron chi connectivity index (χ3n) is 4.25. The molecule has 0 radical (unpaired) electrons. The van der Waals surface area contributed by atoms with Crippen molar-refractivity contribution < 1.29 is 4.39 Å². The molecule has 6 heteroatoms. The largest absolute Gasteiger partial charge is 0.284 e. The summed E-state index contributed by atoms with van der Waals surface area (Å²) in [5.41, 5.74) is 2.72.